The first-order chi connectivity index (χ1) is 8.21. The molecule has 0 spiro atoms. The second-order valence-corrected chi connectivity index (χ2v) is 4.58. The van der Waals surface area contributed by atoms with Gasteiger partial charge in [-0.1, -0.05) is 0 Å². The van der Waals surface area contributed by atoms with E-state index in [-0.39, 0.29) is 12.3 Å². The highest BCUT2D eigenvalue weighted by Crippen LogP contribution is 2.11. The van der Waals surface area contributed by atoms with Gasteiger partial charge in [-0.2, -0.15) is 11.8 Å². The number of carbonyl (C=O) groups is 1. The average molecular weight is 255 g/mol. The second-order valence-electron chi connectivity index (χ2n) is 3.60. The molecule has 0 aromatic carbocycles. The van der Waals surface area contributed by atoms with E-state index in [2.05, 4.69) is 16.0 Å². The molecule has 0 amide bonds. The van der Waals surface area contributed by atoms with Crippen LogP contribution in [0, 0.1) is 0 Å². The van der Waals surface area contributed by atoms with Crippen molar-refractivity contribution in [1.82, 2.24) is 4.98 Å². The standard InChI is InChI=1S/C12H17NO3S/c1-16-12(15)11-7-9(4-3-5-17-2)6-10(8-14)13-11/h6-7,14H,3-5,8H2,1-2H3. The van der Waals surface area contributed by atoms with E-state index in [4.69, 9.17) is 5.11 Å². The molecule has 0 aliphatic carbocycles. The molecule has 1 N–H and O–H groups in total. The molecule has 0 aliphatic heterocycles. The molecule has 0 atom stereocenters. The Balaban J connectivity index is 2.85. The number of pyridine rings is 1. The van der Waals surface area contributed by atoms with Crippen LogP contribution in [-0.4, -0.2) is 35.2 Å². The van der Waals surface area contributed by atoms with Crippen LogP contribution in [0.15, 0.2) is 12.1 Å². The maximum Gasteiger partial charge on any atom is 0.356 e. The normalized spacial score (nSPS) is 10.3. The van der Waals surface area contributed by atoms with Crippen LogP contribution in [0.25, 0.3) is 0 Å². The first-order valence-corrected chi connectivity index (χ1v) is 6.78. The molecule has 0 fully saturated rings. The van der Waals surface area contributed by atoms with Crippen LogP contribution in [0.2, 0.25) is 0 Å². The van der Waals surface area contributed by atoms with E-state index in [9.17, 15) is 4.79 Å². The third kappa shape index (κ3) is 4.36. The number of hydrogen-bond donors (Lipinski definition) is 1. The van der Waals surface area contributed by atoms with E-state index in [0.717, 1.165) is 24.2 Å². The molecule has 17 heavy (non-hydrogen) atoms. The lowest BCUT2D eigenvalue weighted by Gasteiger charge is -2.06. The number of hydrogen-bond acceptors (Lipinski definition) is 5. The van der Waals surface area contributed by atoms with Crippen molar-refractivity contribution in [3.63, 3.8) is 0 Å². The highest BCUT2D eigenvalue weighted by Gasteiger charge is 2.10. The van der Waals surface area contributed by atoms with Crippen LogP contribution in [0.4, 0.5) is 0 Å². The van der Waals surface area contributed by atoms with Crippen LogP contribution in [0.1, 0.15) is 28.2 Å². The molecular weight excluding hydrogens is 238 g/mol. The molecule has 0 radical (unpaired) electrons. The Kier molecular flexibility index (Phi) is 6.00. The van der Waals surface area contributed by atoms with Crippen LogP contribution in [0.3, 0.4) is 0 Å². The van der Waals surface area contributed by atoms with Crippen molar-refractivity contribution >= 4 is 17.7 Å². The quantitative estimate of drug-likeness (QED) is 0.619. The summed E-state index contributed by atoms with van der Waals surface area (Å²) in [4.78, 5) is 15.4. The van der Waals surface area contributed by atoms with E-state index in [1.165, 1.54) is 7.11 Å². The van der Waals surface area contributed by atoms with E-state index in [1.807, 2.05) is 6.07 Å². The Hall–Kier alpha value is -1.07. The molecule has 1 aromatic rings. The number of rotatable bonds is 6. The third-order valence-corrected chi connectivity index (χ3v) is 3.01. The van der Waals surface area contributed by atoms with E-state index in [1.54, 1.807) is 17.8 Å². The van der Waals surface area contributed by atoms with Gasteiger partial charge >= 0.3 is 5.97 Å². The molecule has 1 rings (SSSR count). The molecule has 0 aliphatic rings. The molecule has 1 heterocycles. The van der Waals surface area contributed by atoms with Gasteiger partial charge in [0.05, 0.1) is 19.4 Å². The lowest BCUT2D eigenvalue weighted by Crippen LogP contribution is -2.07. The summed E-state index contributed by atoms with van der Waals surface area (Å²) in [6.07, 6.45) is 3.97. The predicted molar refractivity (Wildman–Crippen MR) is 68.2 cm³/mol. The first-order valence-electron chi connectivity index (χ1n) is 5.39. The number of aryl methyl sites for hydroxylation is 1. The van der Waals surface area contributed by atoms with Crippen molar-refractivity contribution in [2.45, 2.75) is 19.4 Å². The van der Waals surface area contributed by atoms with Crippen molar-refractivity contribution in [3.8, 4) is 0 Å². The molecule has 0 saturated carbocycles. The van der Waals surface area contributed by atoms with Gasteiger partial charge in [0.15, 0.2) is 0 Å². The van der Waals surface area contributed by atoms with Crippen molar-refractivity contribution < 1.29 is 14.6 Å². The van der Waals surface area contributed by atoms with Gasteiger partial charge in [-0.25, -0.2) is 9.78 Å². The smallest absolute Gasteiger partial charge is 0.356 e. The van der Waals surface area contributed by atoms with Crippen LogP contribution >= 0.6 is 11.8 Å². The summed E-state index contributed by atoms with van der Waals surface area (Å²) in [5.41, 5.74) is 1.78. The monoisotopic (exact) mass is 255 g/mol. The van der Waals surface area contributed by atoms with E-state index < -0.39 is 5.97 Å². The molecule has 0 saturated heterocycles. The van der Waals surface area contributed by atoms with Gasteiger partial charge < -0.3 is 9.84 Å². The topological polar surface area (TPSA) is 59.4 Å². The number of aliphatic hydroxyl groups is 1. The lowest BCUT2D eigenvalue weighted by atomic mass is 10.1. The fraction of sp³-hybridized carbons (Fsp3) is 0.500. The van der Waals surface area contributed by atoms with Gasteiger partial charge in [-0.3, -0.25) is 0 Å². The number of methoxy groups -OCH3 is 1. The van der Waals surface area contributed by atoms with Crippen molar-refractivity contribution in [3.05, 3.63) is 29.1 Å². The molecule has 94 valence electrons. The maximum absolute atomic E-state index is 11.4. The Bertz CT molecular complexity index is 382. The Morgan fingerprint density at radius 2 is 2.29 bits per heavy atom. The summed E-state index contributed by atoms with van der Waals surface area (Å²) in [7, 11) is 1.32. The average Bonchev–Trinajstić information content (AvgIpc) is 2.37. The largest absolute Gasteiger partial charge is 0.464 e. The van der Waals surface area contributed by atoms with Crippen molar-refractivity contribution in [1.29, 1.82) is 0 Å². The number of ether oxygens (including phenoxy) is 1. The van der Waals surface area contributed by atoms with Gasteiger partial charge in [0.2, 0.25) is 0 Å². The SMILES string of the molecule is COC(=O)c1cc(CCCSC)cc(CO)n1. The lowest BCUT2D eigenvalue weighted by molar-refractivity contribution is 0.0593. The van der Waals surface area contributed by atoms with Crippen molar-refractivity contribution in [2.75, 3.05) is 19.1 Å². The summed E-state index contributed by atoms with van der Waals surface area (Å²) in [6.45, 7) is -0.166. The number of nitrogens with zero attached hydrogens (tertiary/aromatic N) is 1. The zero-order valence-corrected chi connectivity index (χ0v) is 10.9. The maximum atomic E-state index is 11.4. The number of thioether (sulfide) groups is 1. The van der Waals surface area contributed by atoms with E-state index >= 15 is 0 Å². The van der Waals surface area contributed by atoms with Crippen LogP contribution < -0.4 is 0 Å². The van der Waals surface area contributed by atoms with Gasteiger partial charge in [0, 0.05) is 0 Å². The molecule has 1 aromatic heterocycles. The summed E-state index contributed by atoms with van der Waals surface area (Å²) < 4.78 is 4.63. The highest BCUT2D eigenvalue weighted by molar-refractivity contribution is 7.98. The van der Waals surface area contributed by atoms with Crippen molar-refractivity contribution in [2.24, 2.45) is 0 Å². The minimum atomic E-state index is -0.466. The molecule has 0 bridgehead atoms. The van der Waals surface area contributed by atoms with E-state index in [0.29, 0.717) is 5.69 Å². The molecule has 5 heteroatoms. The summed E-state index contributed by atoms with van der Waals surface area (Å²) in [6, 6.07) is 3.55. The second kappa shape index (κ2) is 7.29. The Labute approximate surface area is 105 Å². The number of aromatic nitrogens is 1. The van der Waals surface area contributed by atoms with Gasteiger partial charge in [-0.05, 0) is 42.5 Å². The predicted octanol–water partition coefficient (Wildman–Crippen LogP) is 1.66. The van der Waals surface area contributed by atoms with Gasteiger partial charge in [0.1, 0.15) is 5.69 Å². The minimum absolute atomic E-state index is 0.166. The first kappa shape index (κ1) is 14.0. The summed E-state index contributed by atoms with van der Waals surface area (Å²) >= 11 is 1.79. The minimum Gasteiger partial charge on any atom is -0.464 e. The van der Waals surface area contributed by atoms with Gasteiger partial charge in [0.25, 0.3) is 0 Å². The molecular formula is C12H17NO3S. The van der Waals surface area contributed by atoms with Crippen LogP contribution in [0.5, 0.6) is 0 Å². The van der Waals surface area contributed by atoms with Gasteiger partial charge in [-0.15, -0.1) is 0 Å². The zero-order chi connectivity index (χ0) is 12.7. The fourth-order valence-electron chi connectivity index (χ4n) is 1.51. The number of esters is 1. The summed E-state index contributed by atoms with van der Waals surface area (Å²) in [5.74, 6) is 0.607. The Morgan fingerprint density at radius 1 is 1.53 bits per heavy atom. The Morgan fingerprint density at radius 3 is 2.88 bits per heavy atom. The third-order valence-electron chi connectivity index (χ3n) is 2.31. The number of aliphatic hydroxyl groups excluding tert-OH is 1. The number of carbonyl (C=O) groups excluding carboxylic acids is 1. The van der Waals surface area contributed by atoms with Crippen LogP contribution in [-0.2, 0) is 17.8 Å². The highest BCUT2D eigenvalue weighted by atomic mass is 32.2. The molecule has 4 nitrogen and oxygen atoms in total. The molecule has 0 unspecified atom stereocenters. The fourth-order valence-corrected chi connectivity index (χ4v) is 1.94. The zero-order valence-electron chi connectivity index (χ0n) is 10.1. The summed E-state index contributed by atoms with van der Waals surface area (Å²) in [5, 5.41) is 9.09.